The van der Waals surface area contributed by atoms with Crippen molar-refractivity contribution >= 4 is 11.9 Å². The van der Waals surface area contributed by atoms with Crippen LogP contribution in [0.2, 0.25) is 0 Å². The van der Waals surface area contributed by atoms with Gasteiger partial charge in [-0.05, 0) is 48.9 Å². The van der Waals surface area contributed by atoms with Gasteiger partial charge in [0.05, 0.1) is 18.8 Å². The first kappa shape index (κ1) is 16.7. The molecule has 0 fully saturated rings. The van der Waals surface area contributed by atoms with Gasteiger partial charge in [0.15, 0.2) is 11.5 Å². The molecule has 2 heterocycles. The molecule has 3 N–H and O–H groups in total. The number of fused-ring (bicyclic) bond motifs is 1. The van der Waals surface area contributed by atoms with Crippen molar-refractivity contribution in [3.63, 3.8) is 0 Å². The SMILES string of the molecule is COc1cc([C@H]2C(C(N)=O)=C(C)Nc3nnnn32)ccc1OC(C)C. The van der Waals surface area contributed by atoms with Crippen LogP contribution in [0.25, 0.3) is 0 Å². The molecule has 0 radical (unpaired) electrons. The maximum absolute atomic E-state index is 12.0. The minimum atomic E-state index is -0.550. The predicted molar refractivity (Wildman–Crippen MR) is 90.2 cm³/mol. The second kappa shape index (κ2) is 6.42. The number of nitrogens with one attached hydrogen (secondary N) is 1. The zero-order chi connectivity index (χ0) is 18.1. The molecule has 0 saturated carbocycles. The standard InChI is InChI=1S/C16H20N6O3/c1-8(2)25-11-6-5-10(7-12(11)24-4)14-13(15(17)23)9(3)18-16-19-20-21-22(14)16/h5-8,14H,1-4H3,(H2,17,23)(H,18,19,21)/t14-/m0/s1. The Kier molecular flexibility index (Phi) is 4.30. The lowest BCUT2D eigenvalue weighted by Crippen LogP contribution is -2.31. The number of hydrogen-bond donors (Lipinski definition) is 2. The second-order valence-corrected chi connectivity index (χ2v) is 5.95. The summed E-state index contributed by atoms with van der Waals surface area (Å²) in [5, 5.41) is 14.6. The molecular weight excluding hydrogens is 324 g/mol. The Labute approximate surface area is 144 Å². The highest BCUT2D eigenvalue weighted by Gasteiger charge is 2.33. The first-order valence-corrected chi connectivity index (χ1v) is 7.82. The molecule has 132 valence electrons. The molecule has 1 atom stereocenters. The van der Waals surface area contributed by atoms with E-state index >= 15 is 0 Å². The lowest BCUT2D eigenvalue weighted by Gasteiger charge is -2.27. The van der Waals surface area contributed by atoms with Crippen LogP contribution in [0.1, 0.15) is 32.4 Å². The number of hydrogen-bond acceptors (Lipinski definition) is 7. The molecule has 25 heavy (non-hydrogen) atoms. The fourth-order valence-corrected chi connectivity index (χ4v) is 2.85. The van der Waals surface area contributed by atoms with Crippen molar-refractivity contribution in [1.82, 2.24) is 20.2 Å². The summed E-state index contributed by atoms with van der Waals surface area (Å²) in [4.78, 5) is 12.0. The number of aromatic nitrogens is 4. The summed E-state index contributed by atoms with van der Waals surface area (Å²) in [5.41, 5.74) is 7.36. The summed E-state index contributed by atoms with van der Waals surface area (Å²) in [6.07, 6.45) is 0.00747. The smallest absolute Gasteiger partial charge is 0.248 e. The Morgan fingerprint density at radius 2 is 2.12 bits per heavy atom. The van der Waals surface area contributed by atoms with Gasteiger partial charge < -0.3 is 20.5 Å². The maximum Gasteiger partial charge on any atom is 0.248 e. The van der Waals surface area contributed by atoms with Gasteiger partial charge in [0.2, 0.25) is 11.9 Å². The average Bonchev–Trinajstić information content (AvgIpc) is 3.01. The summed E-state index contributed by atoms with van der Waals surface area (Å²) < 4.78 is 12.7. The van der Waals surface area contributed by atoms with Crippen molar-refractivity contribution in [2.45, 2.75) is 32.9 Å². The van der Waals surface area contributed by atoms with Gasteiger partial charge in [-0.25, -0.2) is 0 Å². The highest BCUT2D eigenvalue weighted by Crippen LogP contribution is 2.38. The number of amides is 1. The Bertz CT molecular complexity index is 842. The Morgan fingerprint density at radius 1 is 1.36 bits per heavy atom. The van der Waals surface area contributed by atoms with Gasteiger partial charge >= 0.3 is 0 Å². The lowest BCUT2D eigenvalue weighted by molar-refractivity contribution is -0.115. The van der Waals surface area contributed by atoms with E-state index in [1.54, 1.807) is 26.2 Å². The zero-order valence-electron chi connectivity index (χ0n) is 14.5. The largest absolute Gasteiger partial charge is 0.493 e. The van der Waals surface area contributed by atoms with Crippen LogP contribution in [0, 0.1) is 0 Å². The third-order valence-corrected chi connectivity index (χ3v) is 3.85. The molecule has 0 aliphatic carbocycles. The number of anilines is 1. The second-order valence-electron chi connectivity index (χ2n) is 5.95. The third kappa shape index (κ3) is 3.00. The van der Waals surface area contributed by atoms with Crippen molar-refractivity contribution in [3.05, 3.63) is 35.0 Å². The summed E-state index contributed by atoms with van der Waals surface area (Å²) in [5.74, 6) is 1.07. The number of allylic oxidation sites excluding steroid dienone is 1. The molecule has 0 bridgehead atoms. The number of primary amides is 1. The number of methoxy groups -OCH3 is 1. The molecule has 1 aromatic heterocycles. The highest BCUT2D eigenvalue weighted by atomic mass is 16.5. The number of ether oxygens (including phenoxy) is 2. The van der Waals surface area contributed by atoms with E-state index in [2.05, 4.69) is 20.8 Å². The first-order chi connectivity index (χ1) is 11.9. The van der Waals surface area contributed by atoms with E-state index in [1.807, 2.05) is 19.9 Å². The molecule has 9 heteroatoms. The molecule has 0 spiro atoms. The number of nitrogens with zero attached hydrogens (tertiary/aromatic N) is 4. The van der Waals surface area contributed by atoms with Crippen LogP contribution >= 0.6 is 0 Å². The highest BCUT2D eigenvalue weighted by molar-refractivity contribution is 5.95. The number of benzene rings is 1. The molecule has 2 aromatic rings. The molecular formula is C16H20N6O3. The maximum atomic E-state index is 12.0. The molecule has 3 rings (SSSR count). The van der Waals surface area contributed by atoms with Crippen molar-refractivity contribution < 1.29 is 14.3 Å². The molecule has 0 saturated heterocycles. The number of carbonyl (C=O) groups excluding carboxylic acids is 1. The predicted octanol–water partition coefficient (Wildman–Crippen LogP) is 1.24. The van der Waals surface area contributed by atoms with Crippen molar-refractivity contribution in [2.24, 2.45) is 5.73 Å². The van der Waals surface area contributed by atoms with Crippen LogP contribution in [-0.4, -0.2) is 39.3 Å². The Balaban J connectivity index is 2.12. The molecule has 1 aliphatic heterocycles. The zero-order valence-corrected chi connectivity index (χ0v) is 14.5. The molecule has 0 unspecified atom stereocenters. The van der Waals surface area contributed by atoms with Crippen LogP contribution < -0.4 is 20.5 Å². The molecule has 1 aliphatic rings. The van der Waals surface area contributed by atoms with Gasteiger partial charge in [0.1, 0.15) is 6.04 Å². The summed E-state index contributed by atoms with van der Waals surface area (Å²) >= 11 is 0. The monoisotopic (exact) mass is 344 g/mol. The fourth-order valence-electron chi connectivity index (χ4n) is 2.85. The summed E-state index contributed by atoms with van der Waals surface area (Å²) in [7, 11) is 1.56. The van der Waals surface area contributed by atoms with E-state index in [4.69, 9.17) is 15.2 Å². The van der Waals surface area contributed by atoms with Crippen LogP contribution in [0.4, 0.5) is 5.95 Å². The average molecular weight is 344 g/mol. The first-order valence-electron chi connectivity index (χ1n) is 7.82. The minimum absolute atomic E-state index is 0.00747. The van der Waals surface area contributed by atoms with E-state index in [1.165, 1.54) is 4.68 Å². The van der Waals surface area contributed by atoms with Gasteiger partial charge in [-0.15, -0.1) is 0 Å². The van der Waals surface area contributed by atoms with Gasteiger partial charge in [-0.1, -0.05) is 11.2 Å². The third-order valence-electron chi connectivity index (χ3n) is 3.85. The molecule has 9 nitrogen and oxygen atoms in total. The van der Waals surface area contributed by atoms with E-state index in [-0.39, 0.29) is 6.10 Å². The van der Waals surface area contributed by atoms with Crippen LogP contribution in [0.15, 0.2) is 29.5 Å². The van der Waals surface area contributed by atoms with Crippen molar-refractivity contribution in [1.29, 1.82) is 0 Å². The van der Waals surface area contributed by atoms with E-state index in [9.17, 15) is 4.79 Å². The van der Waals surface area contributed by atoms with Gasteiger partial charge in [-0.2, -0.15) is 4.68 Å². The number of nitrogens with two attached hydrogens (primary N) is 1. The van der Waals surface area contributed by atoms with Crippen molar-refractivity contribution in [2.75, 3.05) is 12.4 Å². The van der Waals surface area contributed by atoms with E-state index in [0.29, 0.717) is 28.7 Å². The van der Waals surface area contributed by atoms with Gasteiger partial charge in [0, 0.05) is 5.70 Å². The van der Waals surface area contributed by atoms with Crippen LogP contribution in [0.5, 0.6) is 11.5 Å². The van der Waals surface area contributed by atoms with E-state index < -0.39 is 11.9 Å². The number of tetrazole rings is 1. The lowest BCUT2D eigenvalue weighted by atomic mass is 9.95. The Hall–Kier alpha value is -3.10. The van der Waals surface area contributed by atoms with Gasteiger partial charge in [-0.3, -0.25) is 4.79 Å². The molecule has 1 aromatic carbocycles. The normalized spacial score (nSPS) is 16.4. The van der Waals surface area contributed by atoms with Crippen molar-refractivity contribution in [3.8, 4) is 11.5 Å². The number of rotatable bonds is 5. The topological polar surface area (TPSA) is 117 Å². The summed E-state index contributed by atoms with van der Waals surface area (Å²) in [6, 6.07) is 4.90. The number of carbonyl (C=O) groups is 1. The van der Waals surface area contributed by atoms with Gasteiger partial charge in [0.25, 0.3) is 0 Å². The fraction of sp³-hybridized carbons (Fsp3) is 0.375. The van der Waals surface area contributed by atoms with Crippen LogP contribution in [-0.2, 0) is 4.79 Å². The minimum Gasteiger partial charge on any atom is -0.493 e. The van der Waals surface area contributed by atoms with E-state index in [0.717, 1.165) is 5.56 Å². The quantitative estimate of drug-likeness (QED) is 0.838. The molecule has 1 amide bonds. The Morgan fingerprint density at radius 3 is 2.76 bits per heavy atom. The van der Waals surface area contributed by atoms with Crippen LogP contribution in [0.3, 0.4) is 0 Å². The summed E-state index contributed by atoms with van der Waals surface area (Å²) in [6.45, 7) is 5.63.